The van der Waals surface area contributed by atoms with Crippen molar-refractivity contribution in [3.05, 3.63) is 70.2 Å². The fourth-order valence-corrected chi connectivity index (χ4v) is 2.28. The molecule has 2 aromatic rings. The van der Waals surface area contributed by atoms with Crippen molar-refractivity contribution in [2.45, 2.75) is 20.3 Å². The van der Waals surface area contributed by atoms with Gasteiger partial charge in [0.1, 0.15) is 0 Å². The van der Waals surface area contributed by atoms with E-state index in [1.54, 1.807) is 43.3 Å². The number of carbonyl (C=O) groups is 3. The summed E-state index contributed by atoms with van der Waals surface area (Å²) < 4.78 is 4.92. The summed E-state index contributed by atoms with van der Waals surface area (Å²) in [5.74, 6) is -1.59. The van der Waals surface area contributed by atoms with Gasteiger partial charge in [-0.15, -0.1) is 0 Å². The number of amides is 1. The Labute approximate surface area is 162 Å². The summed E-state index contributed by atoms with van der Waals surface area (Å²) in [6.07, 6.45) is -0.289. The summed E-state index contributed by atoms with van der Waals surface area (Å²) in [5, 5.41) is 4.30. The second kappa shape index (κ2) is 9.64. The Morgan fingerprint density at radius 3 is 2.19 bits per heavy atom. The van der Waals surface area contributed by atoms with E-state index in [9.17, 15) is 14.4 Å². The molecule has 0 unspecified atom stereocenters. The molecule has 1 amide bonds. The zero-order valence-electron chi connectivity index (χ0n) is 15.0. The van der Waals surface area contributed by atoms with Crippen molar-refractivity contribution in [1.82, 2.24) is 5.43 Å². The van der Waals surface area contributed by atoms with Gasteiger partial charge in [-0.2, -0.15) is 5.10 Å². The van der Waals surface area contributed by atoms with E-state index in [1.165, 1.54) is 12.1 Å². The average molecular weight is 387 g/mol. The number of aryl methyl sites for hydroxylation is 1. The third-order valence-electron chi connectivity index (χ3n) is 3.61. The Bertz CT molecular complexity index is 859. The SMILES string of the molecule is CCOC(=O)/C(CC(=O)c1ccc(C)cc1)=N\NC(=O)c1ccc(Cl)cc1. The van der Waals surface area contributed by atoms with Gasteiger partial charge in [-0.3, -0.25) is 9.59 Å². The van der Waals surface area contributed by atoms with Crippen molar-refractivity contribution >= 4 is 35.0 Å². The van der Waals surface area contributed by atoms with Crippen molar-refractivity contribution in [2.75, 3.05) is 6.61 Å². The molecule has 0 fully saturated rings. The molecule has 0 aliphatic carbocycles. The molecule has 2 aromatic carbocycles. The summed E-state index contributed by atoms with van der Waals surface area (Å²) in [6, 6.07) is 13.1. The van der Waals surface area contributed by atoms with E-state index in [0.29, 0.717) is 16.1 Å². The Balaban J connectivity index is 2.15. The highest BCUT2D eigenvalue weighted by Gasteiger charge is 2.19. The quantitative estimate of drug-likeness (QED) is 0.341. The fourth-order valence-electron chi connectivity index (χ4n) is 2.15. The van der Waals surface area contributed by atoms with Crippen LogP contribution in [0, 0.1) is 6.92 Å². The van der Waals surface area contributed by atoms with E-state index in [0.717, 1.165) is 5.56 Å². The number of ether oxygens (including phenoxy) is 1. The highest BCUT2D eigenvalue weighted by atomic mass is 35.5. The first-order chi connectivity index (χ1) is 12.9. The minimum Gasteiger partial charge on any atom is -0.461 e. The maximum absolute atomic E-state index is 12.4. The van der Waals surface area contributed by atoms with Gasteiger partial charge in [-0.05, 0) is 38.1 Å². The van der Waals surface area contributed by atoms with Crippen molar-refractivity contribution in [3.8, 4) is 0 Å². The smallest absolute Gasteiger partial charge is 0.354 e. The summed E-state index contributed by atoms with van der Waals surface area (Å²) >= 11 is 5.79. The van der Waals surface area contributed by atoms with Crippen LogP contribution >= 0.6 is 11.6 Å². The molecule has 7 heteroatoms. The number of nitrogens with zero attached hydrogens (tertiary/aromatic N) is 1. The lowest BCUT2D eigenvalue weighted by Gasteiger charge is -2.07. The van der Waals surface area contributed by atoms with Crippen LogP contribution in [0.3, 0.4) is 0 Å². The molecular formula is C20H19ClN2O4. The molecule has 1 N–H and O–H groups in total. The van der Waals surface area contributed by atoms with E-state index in [4.69, 9.17) is 16.3 Å². The zero-order chi connectivity index (χ0) is 19.8. The molecule has 0 aliphatic heterocycles. The van der Waals surface area contributed by atoms with Crippen LogP contribution in [0.15, 0.2) is 53.6 Å². The van der Waals surface area contributed by atoms with Crippen LogP contribution in [0.25, 0.3) is 0 Å². The van der Waals surface area contributed by atoms with Gasteiger partial charge in [-0.25, -0.2) is 10.2 Å². The van der Waals surface area contributed by atoms with Crippen LogP contribution < -0.4 is 5.43 Å². The van der Waals surface area contributed by atoms with Crippen molar-refractivity contribution < 1.29 is 19.1 Å². The number of hydrogen-bond acceptors (Lipinski definition) is 5. The number of esters is 1. The largest absolute Gasteiger partial charge is 0.461 e. The molecule has 0 aliphatic rings. The predicted octanol–water partition coefficient (Wildman–Crippen LogP) is 3.57. The van der Waals surface area contributed by atoms with Crippen molar-refractivity contribution in [2.24, 2.45) is 5.10 Å². The second-order valence-electron chi connectivity index (χ2n) is 5.69. The molecule has 2 rings (SSSR count). The van der Waals surface area contributed by atoms with E-state index in [2.05, 4.69) is 10.5 Å². The first kappa shape index (κ1) is 20.3. The normalized spacial score (nSPS) is 11.0. The molecule has 140 valence electrons. The Morgan fingerprint density at radius 2 is 1.59 bits per heavy atom. The first-order valence-electron chi connectivity index (χ1n) is 8.30. The molecule has 0 saturated carbocycles. The lowest BCUT2D eigenvalue weighted by atomic mass is 10.0. The Hall–Kier alpha value is -2.99. The third kappa shape index (κ3) is 6.04. The van der Waals surface area contributed by atoms with Crippen LogP contribution in [0.1, 0.15) is 39.6 Å². The molecule has 0 bridgehead atoms. The van der Waals surface area contributed by atoms with Gasteiger partial charge < -0.3 is 4.74 Å². The lowest BCUT2D eigenvalue weighted by Crippen LogP contribution is -2.26. The van der Waals surface area contributed by atoms with Gasteiger partial charge in [0.2, 0.25) is 0 Å². The van der Waals surface area contributed by atoms with Gasteiger partial charge in [0.25, 0.3) is 5.91 Å². The summed E-state index contributed by atoms with van der Waals surface area (Å²) in [5.41, 5.74) is 3.88. The lowest BCUT2D eigenvalue weighted by molar-refractivity contribution is -0.135. The van der Waals surface area contributed by atoms with Crippen LogP contribution in [-0.2, 0) is 9.53 Å². The van der Waals surface area contributed by atoms with E-state index < -0.39 is 11.9 Å². The van der Waals surface area contributed by atoms with E-state index >= 15 is 0 Å². The summed E-state index contributed by atoms with van der Waals surface area (Å²) in [6.45, 7) is 3.68. The van der Waals surface area contributed by atoms with Crippen molar-refractivity contribution in [1.29, 1.82) is 0 Å². The maximum Gasteiger partial charge on any atom is 0.354 e. The standard InChI is InChI=1S/C20H19ClN2O4/c1-3-27-20(26)17(12-18(24)14-6-4-13(2)5-7-14)22-23-19(25)15-8-10-16(21)11-9-15/h4-11H,3,12H2,1-2H3,(H,23,25)/b22-17-. The van der Waals surface area contributed by atoms with Crippen molar-refractivity contribution in [3.63, 3.8) is 0 Å². The third-order valence-corrected chi connectivity index (χ3v) is 3.86. The number of nitrogens with one attached hydrogen (secondary N) is 1. The highest BCUT2D eigenvalue weighted by molar-refractivity contribution is 6.40. The number of carbonyl (C=O) groups excluding carboxylic acids is 3. The molecule has 6 nitrogen and oxygen atoms in total. The van der Waals surface area contributed by atoms with Gasteiger partial charge in [0.15, 0.2) is 11.5 Å². The number of halogens is 1. The highest BCUT2D eigenvalue weighted by Crippen LogP contribution is 2.10. The number of hydrazone groups is 1. The maximum atomic E-state index is 12.4. The fraction of sp³-hybridized carbons (Fsp3) is 0.200. The Morgan fingerprint density at radius 1 is 1.00 bits per heavy atom. The van der Waals surface area contributed by atoms with Gasteiger partial charge >= 0.3 is 5.97 Å². The first-order valence-corrected chi connectivity index (χ1v) is 8.68. The van der Waals surface area contributed by atoms with Gasteiger partial charge in [0.05, 0.1) is 13.0 Å². The number of benzene rings is 2. The monoisotopic (exact) mass is 386 g/mol. The molecule has 0 saturated heterocycles. The molecule has 0 heterocycles. The minimum atomic E-state index is -0.755. The molecule has 0 atom stereocenters. The average Bonchev–Trinajstić information content (AvgIpc) is 2.66. The van der Waals surface area contributed by atoms with Crippen LogP contribution in [0.4, 0.5) is 0 Å². The molecule has 0 radical (unpaired) electrons. The second-order valence-corrected chi connectivity index (χ2v) is 6.13. The molecular weight excluding hydrogens is 368 g/mol. The van der Waals surface area contributed by atoms with Gasteiger partial charge in [-0.1, -0.05) is 41.4 Å². The number of hydrogen-bond donors (Lipinski definition) is 1. The topological polar surface area (TPSA) is 84.8 Å². The minimum absolute atomic E-state index is 0.127. The molecule has 27 heavy (non-hydrogen) atoms. The predicted molar refractivity (Wildman–Crippen MR) is 103 cm³/mol. The summed E-state index contributed by atoms with van der Waals surface area (Å²) in [7, 11) is 0. The molecule has 0 spiro atoms. The Kier molecular flexibility index (Phi) is 7.25. The number of Topliss-reactive ketones (excluding diaryl/α,β-unsaturated/α-hetero) is 1. The van der Waals surface area contributed by atoms with Crippen LogP contribution in [0.5, 0.6) is 0 Å². The molecule has 0 aromatic heterocycles. The zero-order valence-corrected chi connectivity index (χ0v) is 15.7. The van der Waals surface area contributed by atoms with Crippen LogP contribution in [-0.4, -0.2) is 30.0 Å². The van der Waals surface area contributed by atoms with Crippen LogP contribution in [0.2, 0.25) is 5.02 Å². The van der Waals surface area contributed by atoms with E-state index in [1.807, 2.05) is 6.92 Å². The number of rotatable bonds is 7. The summed E-state index contributed by atoms with van der Waals surface area (Å²) in [4.78, 5) is 36.6. The van der Waals surface area contributed by atoms with E-state index in [-0.39, 0.29) is 24.5 Å². The number of ketones is 1. The van der Waals surface area contributed by atoms with Gasteiger partial charge in [0, 0.05) is 16.1 Å².